The third-order valence-electron chi connectivity index (χ3n) is 1.96. The van der Waals surface area contributed by atoms with Gasteiger partial charge in [0.2, 0.25) is 0 Å². The third kappa shape index (κ3) is 5.57. The SMILES string of the molecule is O=C(CCc1ccsc1)CCC(F)(F)F. The normalized spacial score (nSPS) is 11.7. The van der Waals surface area contributed by atoms with Crippen LogP contribution in [0.3, 0.4) is 0 Å². The number of carbonyl (C=O) groups is 1. The maximum atomic E-state index is 11.8. The first kappa shape index (κ1) is 12.2. The van der Waals surface area contributed by atoms with E-state index in [1.54, 1.807) is 0 Å². The number of halogens is 3. The van der Waals surface area contributed by atoms with E-state index in [1.807, 2.05) is 16.8 Å². The molecule has 15 heavy (non-hydrogen) atoms. The van der Waals surface area contributed by atoms with Crippen molar-refractivity contribution in [2.75, 3.05) is 0 Å². The van der Waals surface area contributed by atoms with Crippen molar-refractivity contribution in [3.63, 3.8) is 0 Å². The molecule has 0 saturated carbocycles. The molecule has 0 unspecified atom stereocenters. The van der Waals surface area contributed by atoms with Crippen LogP contribution in [0.25, 0.3) is 0 Å². The minimum atomic E-state index is -4.22. The van der Waals surface area contributed by atoms with Gasteiger partial charge in [0.15, 0.2) is 0 Å². The van der Waals surface area contributed by atoms with E-state index in [0.717, 1.165) is 5.56 Å². The van der Waals surface area contributed by atoms with Gasteiger partial charge >= 0.3 is 6.18 Å². The Morgan fingerprint density at radius 3 is 2.60 bits per heavy atom. The molecule has 0 atom stereocenters. The van der Waals surface area contributed by atoms with Gasteiger partial charge in [-0.2, -0.15) is 24.5 Å². The topological polar surface area (TPSA) is 17.1 Å². The molecule has 1 rings (SSSR count). The summed E-state index contributed by atoms with van der Waals surface area (Å²) in [5, 5.41) is 3.78. The van der Waals surface area contributed by atoms with Crippen LogP contribution < -0.4 is 0 Å². The summed E-state index contributed by atoms with van der Waals surface area (Å²) in [7, 11) is 0. The number of ketones is 1. The lowest BCUT2D eigenvalue weighted by atomic mass is 10.1. The number of hydrogen-bond donors (Lipinski definition) is 0. The molecular formula is C10H11F3OS. The van der Waals surface area contributed by atoms with Crippen LogP contribution in [0.15, 0.2) is 16.8 Å². The van der Waals surface area contributed by atoms with Crippen molar-refractivity contribution in [1.29, 1.82) is 0 Å². The maximum Gasteiger partial charge on any atom is 0.389 e. The van der Waals surface area contributed by atoms with Crippen LogP contribution in [0.2, 0.25) is 0 Å². The van der Waals surface area contributed by atoms with Crippen LogP contribution in [0.5, 0.6) is 0 Å². The Morgan fingerprint density at radius 1 is 1.33 bits per heavy atom. The summed E-state index contributed by atoms with van der Waals surface area (Å²) >= 11 is 1.52. The lowest BCUT2D eigenvalue weighted by Crippen LogP contribution is -2.11. The first-order chi connectivity index (χ1) is 6.97. The van der Waals surface area contributed by atoms with Crippen LogP contribution in [-0.4, -0.2) is 12.0 Å². The Kier molecular flexibility index (Phi) is 4.32. The Labute approximate surface area is 89.9 Å². The Hall–Kier alpha value is -0.840. The van der Waals surface area contributed by atoms with Crippen molar-refractivity contribution in [3.05, 3.63) is 22.4 Å². The third-order valence-corrected chi connectivity index (χ3v) is 2.69. The number of rotatable bonds is 5. The predicted octanol–water partition coefficient (Wildman–Crippen LogP) is 3.59. The molecule has 0 saturated heterocycles. The van der Waals surface area contributed by atoms with Crippen LogP contribution in [0, 0.1) is 0 Å². The molecular weight excluding hydrogens is 225 g/mol. The van der Waals surface area contributed by atoms with Crippen molar-refractivity contribution in [2.24, 2.45) is 0 Å². The van der Waals surface area contributed by atoms with Gasteiger partial charge < -0.3 is 0 Å². The minimum absolute atomic E-state index is 0.201. The van der Waals surface area contributed by atoms with E-state index in [9.17, 15) is 18.0 Å². The van der Waals surface area contributed by atoms with E-state index in [0.29, 0.717) is 6.42 Å². The molecule has 1 aromatic heterocycles. The van der Waals surface area contributed by atoms with Gasteiger partial charge in [0, 0.05) is 12.8 Å². The number of thiophene rings is 1. The second kappa shape index (κ2) is 5.30. The average Bonchev–Trinajstić information content (AvgIpc) is 2.62. The molecule has 0 bridgehead atoms. The predicted molar refractivity (Wildman–Crippen MR) is 52.9 cm³/mol. The van der Waals surface area contributed by atoms with Crippen LogP contribution in [-0.2, 0) is 11.2 Å². The molecule has 0 fully saturated rings. The first-order valence-electron chi connectivity index (χ1n) is 4.57. The highest BCUT2D eigenvalue weighted by Crippen LogP contribution is 2.22. The molecule has 0 N–H and O–H groups in total. The summed E-state index contributed by atoms with van der Waals surface area (Å²) < 4.78 is 35.3. The van der Waals surface area contributed by atoms with Gasteiger partial charge in [-0.05, 0) is 28.8 Å². The maximum absolute atomic E-state index is 11.8. The number of carbonyl (C=O) groups excluding carboxylic acids is 1. The molecule has 0 radical (unpaired) electrons. The zero-order valence-corrected chi connectivity index (χ0v) is 8.83. The second-order valence-electron chi connectivity index (χ2n) is 3.29. The van der Waals surface area contributed by atoms with Gasteiger partial charge in [0.25, 0.3) is 0 Å². The molecule has 1 heterocycles. The summed E-state index contributed by atoms with van der Waals surface area (Å²) in [6.07, 6.45) is -4.88. The largest absolute Gasteiger partial charge is 0.389 e. The molecule has 1 aromatic rings. The van der Waals surface area contributed by atoms with Crippen LogP contribution in [0.4, 0.5) is 13.2 Å². The van der Waals surface area contributed by atoms with Crippen LogP contribution in [0.1, 0.15) is 24.8 Å². The quantitative estimate of drug-likeness (QED) is 0.763. The highest BCUT2D eigenvalue weighted by atomic mass is 32.1. The van der Waals surface area contributed by atoms with E-state index >= 15 is 0 Å². The van der Waals surface area contributed by atoms with Crippen molar-refractivity contribution < 1.29 is 18.0 Å². The van der Waals surface area contributed by atoms with Gasteiger partial charge in [-0.25, -0.2) is 0 Å². The average molecular weight is 236 g/mol. The standard InChI is InChI=1S/C10H11F3OS/c11-10(12,13)5-3-9(14)2-1-8-4-6-15-7-8/h4,6-7H,1-3,5H2. The summed E-state index contributed by atoms with van der Waals surface area (Å²) in [6.45, 7) is 0. The van der Waals surface area contributed by atoms with Crippen molar-refractivity contribution >= 4 is 17.1 Å². The molecule has 0 aliphatic heterocycles. The number of Topliss-reactive ketones (excluding diaryl/α,β-unsaturated/α-hetero) is 1. The van der Waals surface area contributed by atoms with E-state index in [1.165, 1.54) is 11.3 Å². The Morgan fingerprint density at radius 2 is 2.07 bits per heavy atom. The van der Waals surface area contributed by atoms with Crippen LogP contribution >= 0.6 is 11.3 Å². The van der Waals surface area contributed by atoms with Crippen molar-refractivity contribution in [3.8, 4) is 0 Å². The molecule has 0 amide bonds. The van der Waals surface area contributed by atoms with Crippen molar-refractivity contribution in [1.82, 2.24) is 0 Å². The van der Waals surface area contributed by atoms with E-state index < -0.39 is 19.0 Å². The fraction of sp³-hybridized carbons (Fsp3) is 0.500. The number of alkyl halides is 3. The Bertz CT molecular complexity index is 303. The number of aryl methyl sites for hydroxylation is 1. The smallest absolute Gasteiger partial charge is 0.300 e. The zero-order chi connectivity index (χ0) is 11.3. The van der Waals surface area contributed by atoms with Gasteiger partial charge in [0.1, 0.15) is 5.78 Å². The molecule has 0 aliphatic carbocycles. The summed E-state index contributed by atoms with van der Waals surface area (Å²) in [6, 6.07) is 1.88. The zero-order valence-electron chi connectivity index (χ0n) is 8.01. The number of hydrogen-bond acceptors (Lipinski definition) is 2. The monoisotopic (exact) mass is 236 g/mol. The first-order valence-corrected chi connectivity index (χ1v) is 5.51. The van der Waals surface area contributed by atoms with E-state index in [4.69, 9.17) is 0 Å². The van der Waals surface area contributed by atoms with E-state index in [2.05, 4.69) is 0 Å². The molecule has 5 heteroatoms. The van der Waals surface area contributed by atoms with Crippen molar-refractivity contribution in [2.45, 2.75) is 31.9 Å². The molecule has 1 nitrogen and oxygen atoms in total. The highest BCUT2D eigenvalue weighted by Gasteiger charge is 2.27. The van der Waals surface area contributed by atoms with Gasteiger partial charge in [0.05, 0.1) is 6.42 Å². The second-order valence-corrected chi connectivity index (χ2v) is 4.07. The Balaban J connectivity index is 2.20. The molecule has 84 valence electrons. The fourth-order valence-electron chi connectivity index (χ4n) is 1.12. The summed E-state index contributed by atoms with van der Waals surface area (Å²) in [4.78, 5) is 11.1. The van der Waals surface area contributed by atoms with E-state index in [-0.39, 0.29) is 12.2 Å². The molecule has 0 aliphatic rings. The van der Waals surface area contributed by atoms with Gasteiger partial charge in [-0.15, -0.1) is 0 Å². The van der Waals surface area contributed by atoms with Gasteiger partial charge in [-0.1, -0.05) is 0 Å². The molecule has 0 spiro atoms. The summed E-state index contributed by atoms with van der Waals surface area (Å²) in [5.41, 5.74) is 1.01. The molecule has 0 aromatic carbocycles. The highest BCUT2D eigenvalue weighted by molar-refractivity contribution is 7.07. The minimum Gasteiger partial charge on any atom is -0.300 e. The summed E-state index contributed by atoms with van der Waals surface area (Å²) in [5.74, 6) is -0.321. The lowest BCUT2D eigenvalue weighted by molar-refractivity contribution is -0.143. The van der Waals surface area contributed by atoms with Gasteiger partial charge in [-0.3, -0.25) is 4.79 Å². The lowest BCUT2D eigenvalue weighted by Gasteiger charge is -2.04. The fourth-order valence-corrected chi connectivity index (χ4v) is 1.83.